The van der Waals surface area contributed by atoms with E-state index in [0.29, 0.717) is 19.6 Å². The molecule has 2 rings (SSSR count). The Morgan fingerprint density at radius 2 is 1.69 bits per heavy atom. The summed E-state index contributed by atoms with van der Waals surface area (Å²) in [6.45, 7) is 7.07. The van der Waals surface area contributed by atoms with Gasteiger partial charge >= 0.3 is 6.09 Å². The van der Waals surface area contributed by atoms with Crippen LogP contribution in [-0.2, 0) is 14.3 Å². The molecule has 9 nitrogen and oxygen atoms in total. The van der Waals surface area contributed by atoms with Gasteiger partial charge in [-0.1, -0.05) is 6.92 Å². The molecule has 0 aliphatic carbocycles. The molecular weight excluding hydrogens is 376 g/mol. The molecule has 0 atom stereocenters. The van der Waals surface area contributed by atoms with Crippen molar-refractivity contribution in [2.75, 3.05) is 64.4 Å². The van der Waals surface area contributed by atoms with Crippen molar-refractivity contribution in [3.63, 3.8) is 0 Å². The fraction of sp³-hybridized carbons (Fsp3) is 0.550. The summed E-state index contributed by atoms with van der Waals surface area (Å²) in [7, 11) is 1.64. The first-order valence-corrected chi connectivity index (χ1v) is 9.82. The minimum absolute atomic E-state index is 0.0230. The van der Waals surface area contributed by atoms with E-state index in [4.69, 9.17) is 4.74 Å². The number of nitrogens with one attached hydrogen (secondary N) is 1. The standard InChI is InChI=1S/C20H30N4O5/c1-4-22(14-18(25)21-20(27)29-5-2)15-19(26)24-12-10-23(11-13-24)16-6-8-17(28-3)9-7-16/h6-9H,4-5,10-15H2,1-3H3,(H,21,25,27). The predicted octanol–water partition coefficient (Wildman–Crippen LogP) is 0.938. The number of rotatable bonds is 8. The highest BCUT2D eigenvalue weighted by Gasteiger charge is 2.23. The molecule has 0 bridgehead atoms. The fourth-order valence-corrected chi connectivity index (χ4v) is 3.10. The van der Waals surface area contributed by atoms with E-state index in [-0.39, 0.29) is 25.6 Å². The molecule has 160 valence electrons. The van der Waals surface area contributed by atoms with Crippen molar-refractivity contribution < 1.29 is 23.9 Å². The molecule has 0 unspecified atom stereocenters. The summed E-state index contributed by atoms with van der Waals surface area (Å²) in [4.78, 5) is 41.6. The number of carbonyl (C=O) groups excluding carboxylic acids is 3. The zero-order valence-corrected chi connectivity index (χ0v) is 17.3. The highest BCUT2D eigenvalue weighted by atomic mass is 16.5. The SMILES string of the molecule is CCOC(=O)NC(=O)CN(CC)CC(=O)N1CCN(c2ccc(OC)cc2)CC1. The molecule has 1 aromatic carbocycles. The second-order valence-electron chi connectivity index (χ2n) is 6.64. The van der Waals surface area contributed by atoms with Crippen LogP contribution >= 0.6 is 0 Å². The Morgan fingerprint density at radius 3 is 2.24 bits per heavy atom. The van der Waals surface area contributed by atoms with Crippen LogP contribution in [0.4, 0.5) is 10.5 Å². The first kappa shape index (κ1) is 22.5. The first-order chi connectivity index (χ1) is 14.0. The third-order valence-electron chi connectivity index (χ3n) is 4.76. The van der Waals surface area contributed by atoms with Crippen molar-refractivity contribution in [2.24, 2.45) is 0 Å². The number of anilines is 1. The Morgan fingerprint density at radius 1 is 1.03 bits per heavy atom. The summed E-state index contributed by atoms with van der Waals surface area (Å²) < 4.78 is 9.87. The Labute approximate surface area is 171 Å². The first-order valence-electron chi connectivity index (χ1n) is 9.82. The van der Waals surface area contributed by atoms with Crippen LogP contribution in [0.15, 0.2) is 24.3 Å². The maximum Gasteiger partial charge on any atom is 0.413 e. The normalized spacial score (nSPS) is 13.9. The molecule has 1 aliphatic heterocycles. The zero-order chi connectivity index (χ0) is 21.2. The number of hydrogen-bond acceptors (Lipinski definition) is 7. The minimum atomic E-state index is -0.769. The monoisotopic (exact) mass is 406 g/mol. The molecule has 29 heavy (non-hydrogen) atoms. The lowest BCUT2D eigenvalue weighted by atomic mass is 10.2. The number of alkyl carbamates (subject to hydrolysis) is 1. The molecule has 0 spiro atoms. The Kier molecular flexibility index (Phi) is 8.72. The smallest absolute Gasteiger partial charge is 0.413 e. The van der Waals surface area contributed by atoms with Crippen molar-refractivity contribution >= 4 is 23.6 Å². The van der Waals surface area contributed by atoms with Gasteiger partial charge in [0.15, 0.2) is 0 Å². The molecule has 1 heterocycles. The quantitative estimate of drug-likeness (QED) is 0.687. The minimum Gasteiger partial charge on any atom is -0.497 e. The van der Waals surface area contributed by atoms with E-state index in [1.54, 1.807) is 18.9 Å². The van der Waals surface area contributed by atoms with Crippen LogP contribution in [0.25, 0.3) is 0 Å². The van der Waals surface area contributed by atoms with E-state index in [9.17, 15) is 14.4 Å². The van der Waals surface area contributed by atoms with Crippen molar-refractivity contribution in [1.82, 2.24) is 15.1 Å². The summed E-state index contributed by atoms with van der Waals surface area (Å²) >= 11 is 0. The number of piperazine rings is 1. The van der Waals surface area contributed by atoms with Crippen LogP contribution in [0, 0.1) is 0 Å². The van der Waals surface area contributed by atoms with Gasteiger partial charge < -0.3 is 19.3 Å². The Balaban J connectivity index is 1.79. The molecule has 3 amide bonds. The molecule has 1 saturated heterocycles. The van der Waals surface area contributed by atoms with Crippen LogP contribution < -0.4 is 15.0 Å². The van der Waals surface area contributed by atoms with E-state index in [1.165, 1.54) is 0 Å². The Hall–Kier alpha value is -2.81. The number of hydrogen-bond donors (Lipinski definition) is 1. The second kappa shape index (κ2) is 11.3. The highest BCUT2D eigenvalue weighted by molar-refractivity contribution is 5.93. The number of nitrogens with zero attached hydrogens (tertiary/aromatic N) is 3. The molecule has 1 aliphatic rings. The third-order valence-corrected chi connectivity index (χ3v) is 4.76. The van der Waals surface area contributed by atoms with Gasteiger partial charge in [-0.05, 0) is 37.7 Å². The lowest BCUT2D eigenvalue weighted by molar-refractivity contribution is -0.133. The van der Waals surface area contributed by atoms with Crippen LogP contribution in [0.5, 0.6) is 5.75 Å². The van der Waals surface area contributed by atoms with Crippen LogP contribution in [0.2, 0.25) is 0 Å². The molecule has 9 heteroatoms. The summed E-state index contributed by atoms with van der Waals surface area (Å²) in [5.41, 5.74) is 1.10. The van der Waals surface area contributed by atoms with E-state index in [0.717, 1.165) is 24.5 Å². The van der Waals surface area contributed by atoms with Crippen molar-refractivity contribution in [1.29, 1.82) is 0 Å². The van der Waals surface area contributed by atoms with E-state index < -0.39 is 12.0 Å². The summed E-state index contributed by atoms with van der Waals surface area (Å²) in [5, 5.41) is 2.15. The number of imide groups is 1. The van der Waals surface area contributed by atoms with Crippen molar-refractivity contribution in [2.45, 2.75) is 13.8 Å². The molecule has 1 aromatic rings. The van der Waals surface area contributed by atoms with E-state index >= 15 is 0 Å². The average Bonchev–Trinajstić information content (AvgIpc) is 2.73. The number of benzene rings is 1. The topological polar surface area (TPSA) is 91.4 Å². The van der Waals surface area contributed by atoms with E-state index in [2.05, 4.69) is 15.0 Å². The lowest BCUT2D eigenvalue weighted by Crippen LogP contribution is -2.52. The van der Waals surface area contributed by atoms with Gasteiger partial charge in [-0.25, -0.2) is 4.79 Å². The van der Waals surface area contributed by atoms with E-state index in [1.807, 2.05) is 36.1 Å². The van der Waals surface area contributed by atoms with Gasteiger partial charge in [-0.2, -0.15) is 0 Å². The van der Waals surface area contributed by atoms with Crippen LogP contribution in [0.3, 0.4) is 0 Å². The molecule has 0 saturated carbocycles. The van der Waals surface area contributed by atoms with Crippen LogP contribution in [0.1, 0.15) is 13.8 Å². The highest BCUT2D eigenvalue weighted by Crippen LogP contribution is 2.20. The van der Waals surface area contributed by atoms with Crippen LogP contribution in [-0.4, -0.2) is 87.2 Å². The van der Waals surface area contributed by atoms with Gasteiger partial charge in [0.2, 0.25) is 11.8 Å². The lowest BCUT2D eigenvalue weighted by Gasteiger charge is -2.37. The summed E-state index contributed by atoms with van der Waals surface area (Å²) in [6, 6.07) is 7.87. The van der Waals surface area contributed by atoms with Gasteiger partial charge in [-0.3, -0.25) is 19.8 Å². The fourth-order valence-electron chi connectivity index (χ4n) is 3.10. The van der Waals surface area contributed by atoms with Crippen molar-refractivity contribution in [3.8, 4) is 5.75 Å². The number of likely N-dealkylation sites (N-methyl/N-ethyl adjacent to an activating group) is 1. The number of ether oxygens (including phenoxy) is 2. The van der Waals surface area contributed by atoms with Gasteiger partial charge in [0.25, 0.3) is 0 Å². The number of amides is 3. The average molecular weight is 406 g/mol. The maximum absolute atomic E-state index is 12.6. The number of methoxy groups -OCH3 is 1. The maximum atomic E-state index is 12.6. The van der Waals surface area contributed by atoms with Crippen molar-refractivity contribution in [3.05, 3.63) is 24.3 Å². The Bertz CT molecular complexity index is 687. The largest absolute Gasteiger partial charge is 0.497 e. The zero-order valence-electron chi connectivity index (χ0n) is 17.3. The molecule has 1 N–H and O–H groups in total. The summed E-state index contributed by atoms with van der Waals surface area (Å²) in [6.07, 6.45) is -0.769. The molecule has 0 aromatic heterocycles. The molecule has 0 radical (unpaired) electrons. The summed E-state index contributed by atoms with van der Waals surface area (Å²) in [5.74, 6) is 0.307. The predicted molar refractivity (Wildman–Crippen MR) is 109 cm³/mol. The molecular formula is C20H30N4O5. The van der Waals surface area contributed by atoms with Gasteiger partial charge in [0, 0.05) is 31.9 Å². The second-order valence-corrected chi connectivity index (χ2v) is 6.64. The number of carbonyl (C=O) groups is 3. The third kappa shape index (κ3) is 6.94. The van der Waals surface area contributed by atoms with Gasteiger partial charge in [0.1, 0.15) is 5.75 Å². The van der Waals surface area contributed by atoms with Gasteiger partial charge in [-0.15, -0.1) is 0 Å². The molecule has 1 fully saturated rings. The van der Waals surface area contributed by atoms with Gasteiger partial charge in [0.05, 0.1) is 26.8 Å².